The average molecular weight is 285 g/mol. The summed E-state index contributed by atoms with van der Waals surface area (Å²) in [6.45, 7) is 0.378. The molecule has 1 aromatic rings. The van der Waals surface area contributed by atoms with Crippen molar-refractivity contribution in [2.24, 2.45) is 5.73 Å². The molecule has 0 fully saturated rings. The smallest absolute Gasteiger partial charge is 0.240 e. The minimum absolute atomic E-state index is 0.189. The van der Waals surface area contributed by atoms with Crippen molar-refractivity contribution >= 4 is 21.8 Å². The van der Waals surface area contributed by atoms with Gasteiger partial charge in [-0.1, -0.05) is 0 Å². The third-order valence-electron chi connectivity index (χ3n) is 2.05. The number of rotatable bonds is 4. The Morgan fingerprint density at radius 2 is 2.44 bits per heavy atom. The highest BCUT2D eigenvalue weighted by Gasteiger charge is 2.17. The summed E-state index contributed by atoms with van der Waals surface area (Å²) in [7, 11) is 1.66. The predicted molar refractivity (Wildman–Crippen MR) is 64.3 cm³/mol. The molecule has 0 aliphatic carbocycles. The van der Waals surface area contributed by atoms with E-state index in [0.29, 0.717) is 17.0 Å². The number of halogens is 1. The van der Waals surface area contributed by atoms with Gasteiger partial charge in [0.1, 0.15) is 5.76 Å². The Hall–Kier alpha value is -1.25. The van der Waals surface area contributed by atoms with Crippen LogP contribution in [0.15, 0.2) is 21.2 Å². The lowest BCUT2D eigenvalue weighted by Crippen LogP contribution is -2.41. The number of amides is 1. The summed E-state index contributed by atoms with van der Waals surface area (Å²) in [6.07, 6.45) is 5.34. The fraction of sp³-hybridized carbons (Fsp3) is 0.364. The topological polar surface area (TPSA) is 59.5 Å². The molecule has 1 unspecified atom stereocenters. The quantitative estimate of drug-likeness (QED) is 0.849. The number of hydrogen-bond acceptors (Lipinski definition) is 3. The lowest BCUT2D eigenvalue weighted by Gasteiger charge is -2.18. The molecular weight excluding hydrogens is 272 g/mol. The molecule has 16 heavy (non-hydrogen) atoms. The van der Waals surface area contributed by atoms with Gasteiger partial charge in [-0.2, -0.15) is 0 Å². The van der Waals surface area contributed by atoms with Gasteiger partial charge >= 0.3 is 0 Å². The first-order valence-corrected chi connectivity index (χ1v) is 5.52. The molecule has 1 atom stereocenters. The van der Waals surface area contributed by atoms with Crippen LogP contribution in [-0.4, -0.2) is 23.9 Å². The fourth-order valence-corrected chi connectivity index (χ4v) is 1.59. The van der Waals surface area contributed by atoms with Crippen molar-refractivity contribution < 1.29 is 9.21 Å². The number of nitrogens with zero attached hydrogens (tertiary/aromatic N) is 1. The fourth-order valence-electron chi connectivity index (χ4n) is 1.25. The number of likely N-dealkylation sites (N-methyl/N-ethyl adjacent to an activating group) is 1. The number of carbonyl (C=O) groups is 1. The lowest BCUT2D eigenvalue weighted by molar-refractivity contribution is -0.131. The molecular formula is C11H13BrN2O2. The minimum Gasteiger partial charge on any atom is -0.452 e. The average Bonchev–Trinajstić information content (AvgIpc) is 2.63. The van der Waals surface area contributed by atoms with Crippen LogP contribution in [0.1, 0.15) is 12.2 Å². The van der Waals surface area contributed by atoms with Crippen molar-refractivity contribution in [3.8, 4) is 12.3 Å². The molecule has 0 aliphatic rings. The summed E-state index contributed by atoms with van der Waals surface area (Å²) in [5.74, 6) is 2.87. The van der Waals surface area contributed by atoms with Crippen molar-refractivity contribution in [2.45, 2.75) is 19.0 Å². The van der Waals surface area contributed by atoms with Gasteiger partial charge in [-0.05, 0) is 28.1 Å². The Balaban J connectivity index is 2.55. The lowest BCUT2D eigenvalue weighted by atomic mass is 10.2. The van der Waals surface area contributed by atoms with E-state index in [1.807, 2.05) is 0 Å². The van der Waals surface area contributed by atoms with Gasteiger partial charge in [-0.25, -0.2) is 0 Å². The zero-order valence-corrected chi connectivity index (χ0v) is 10.5. The first-order valence-electron chi connectivity index (χ1n) is 4.73. The largest absolute Gasteiger partial charge is 0.452 e. The van der Waals surface area contributed by atoms with Crippen LogP contribution in [0.5, 0.6) is 0 Å². The van der Waals surface area contributed by atoms with Crippen LogP contribution < -0.4 is 5.73 Å². The molecule has 86 valence electrons. The summed E-state index contributed by atoms with van der Waals surface area (Å²) in [5, 5.41) is 0. The first kappa shape index (κ1) is 12.8. The molecule has 2 N–H and O–H groups in total. The number of terminal acetylenes is 1. The minimum atomic E-state index is -0.645. The van der Waals surface area contributed by atoms with Gasteiger partial charge in [0.25, 0.3) is 0 Å². The van der Waals surface area contributed by atoms with E-state index in [4.69, 9.17) is 16.6 Å². The Morgan fingerprint density at radius 1 is 1.75 bits per heavy atom. The standard InChI is InChI=1S/C11H13BrN2O2/c1-3-4-9(13)11(15)14(2)7-8-5-6-10(12)16-8/h1,5-6,9H,4,7,13H2,2H3. The van der Waals surface area contributed by atoms with E-state index in [2.05, 4.69) is 21.9 Å². The summed E-state index contributed by atoms with van der Waals surface area (Å²) in [6, 6.07) is 2.92. The van der Waals surface area contributed by atoms with Gasteiger partial charge < -0.3 is 15.1 Å². The van der Waals surface area contributed by atoms with Crippen LogP contribution in [0.3, 0.4) is 0 Å². The van der Waals surface area contributed by atoms with Gasteiger partial charge in [-0.15, -0.1) is 12.3 Å². The molecule has 0 saturated heterocycles. The van der Waals surface area contributed by atoms with Gasteiger partial charge in [0.05, 0.1) is 12.6 Å². The molecule has 1 amide bonds. The summed E-state index contributed by atoms with van der Waals surface area (Å²) in [4.78, 5) is 13.2. The van der Waals surface area contributed by atoms with Gasteiger partial charge in [0.15, 0.2) is 4.67 Å². The molecule has 0 spiro atoms. The number of hydrogen-bond donors (Lipinski definition) is 1. The van der Waals surface area contributed by atoms with E-state index in [9.17, 15) is 4.79 Å². The molecule has 1 rings (SSSR count). The highest BCUT2D eigenvalue weighted by Crippen LogP contribution is 2.15. The Bertz CT molecular complexity index is 408. The summed E-state index contributed by atoms with van der Waals surface area (Å²) >= 11 is 3.19. The van der Waals surface area contributed by atoms with Crippen molar-refractivity contribution in [3.63, 3.8) is 0 Å². The third-order valence-corrected chi connectivity index (χ3v) is 2.48. The highest BCUT2D eigenvalue weighted by atomic mass is 79.9. The van der Waals surface area contributed by atoms with E-state index in [0.717, 1.165) is 0 Å². The van der Waals surface area contributed by atoms with Crippen LogP contribution in [-0.2, 0) is 11.3 Å². The summed E-state index contributed by atoms with van der Waals surface area (Å²) in [5.41, 5.74) is 5.61. The molecule has 0 radical (unpaired) electrons. The van der Waals surface area contributed by atoms with E-state index in [1.165, 1.54) is 4.90 Å². The Morgan fingerprint density at radius 3 is 2.94 bits per heavy atom. The summed E-state index contributed by atoms with van der Waals surface area (Å²) < 4.78 is 5.92. The maximum absolute atomic E-state index is 11.7. The zero-order valence-electron chi connectivity index (χ0n) is 8.94. The maximum Gasteiger partial charge on any atom is 0.240 e. The number of furan rings is 1. The van der Waals surface area contributed by atoms with Crippen molar-refractivity contribution in [1.82, 2.24) is 4.90 Å². The first-order chi connectivity index (χ1) is 7.54. The Kier molecular flexibility index (Phi) is 4.59. The van der Waals surface area contributed by atoms with Crippen LogP contribution in [0.2, 0.25) is 0 Å². The molecule has 0 bridgehead atoms. The van der Waals surface area contributed by atoms with E-state index in [-0.39, 0.29) is 12.3 Å². The Labute approximate surface area is 103 Å². The normalized spacial score (nSPS) is 11.9. The van der Waals surface area contributed by atoms with E-state index < -0.39 is 6.04 Å². The molecule has 5 heteroatoms. The molecule has 1 heterocycles. The highest BCUT2D eigenvalue weighted by molar-refractivity contribution is 9.10. The number of nitrogens with two attached hydrogens (primary N) is 1. The predicted octanol–water partition coefficient (Wildman–Crippen LogP) is 1.35. The molecule has 0 aliphatic heterocycles. The second kappa shape index (κ2) is 5.73. The van der Waals surface area contributed by atoms with Crippen molar-refractivity contribution in [1.29, 1.82) is 0 Å². The second-order valence-electron chi connectivity index (χ2n) is 3.41. The van der Waals surface area contributed by atoms with Gasteiger partial charge in [0.2, 0.25) is 5.91 Å². The van der Waals surface area contributed by atoms with Gasteiger partial charge in [0, 0.05) is 13.5 Å². The van der Waals surface area contributed by atoms with Crippen LogP contribution in [0, 0.1) is 12.3 Å². The van der Waals surface area contributed by atoms with Gasteiger partial charge in [-0.3, -0.25) is 4.79 Å². The van der Waals surface area contributed by atoms with Crippen LogP contribution in [0.4, 0.5) is 0 Å². The molecule has 1 aromatic heterocycles. The third kappa shape index (κ3) is 3.40. The SMILES string of the molecule is C#CCC(N)C(=O)N(C)Cc1ccc(Br)o1. The molecule has 0 saturated carbocycles. The van der Waals surface area contributed by atoms with Crippen LogP contribution >= 0.6 is 15.9 Å². The maximum atomic E-state index is 11.7. The number of carbonyl (C=O) groups excluding carboxylic acids is 1. The molecule has 0 aromatic carbocycles. The van der Waals surface area contributed by atoms with Crippen molar-refractivity contribution in [2.75, 3.05) is 7.05 Å². The van der Waals surface area contributed by atoms with E-state index >= 15 is 0 Å². The van der Waals surface area contributed by atoms with Crippen molar-refractivity contribution in [3.05, 3.63) is 22.6 Å². The van der Waals surface area contributed by atoms with E-state index in [1.54, 1.807) is 19.2 Å². The second-order valence-corrected chi connectivity index (χ2v) is 4.20. The zero-order chi connectivity index (χ0) is 12.1. The van der Waals surface area contributed by atoms with Crippen LogP contribution in [0.25, 0.3) is 0 Å². The monoisotopic (exact) mass is 284 g/mol. The molecule has 4 nitrogen and oxygen atoms in total.